The quantitative estimate of drug-likeness (QED) is 0.717. The molecule has 0 bridgehead atoms. The van der Waals surface area contributed by atoms with Crippen LogP contribution in [0.15, 0.2) is 0 Å². The lowest BCUT2D eigenvalue weighted by molar-refractivity contribution is 0.00542. The summed E-state index contributed by atoms with van der Waals surface area (Å²) in [7, 11) is 0. The molecule has 0 aromatic rings. The maximum atomic E-state index is 5.33. The van der Waals surface area contributed by atoms with Crippen LogP contribution in [0.1, 0.15) is 47.5 Å². The average Bonchev–Trinajstić information content (AvgIpc) is 2.21. The van der Waals surface area contributed by atoms with Gasteiger partial charge in [-0.2, -0.15) is 0 Å². The first kappa shape index (κ1) is 14.9. The molecule has 0 radical (unpaired) electrons. The highest BCUT2D eigenvalue weighted by molar-refractivity contribution is 4.75. The number of ether oxygens (including phenoxy) is 1. The molecule has 1 rings (SSSR count). The molecule has 0 aliphatic carbocycles. The molecule has 0 saturated carbocycles. The van der Waals surface area contributed by atoms with Crippen LogP contribution in [-0.4, -0.2) is 37.2 Å². The fraction of sp³-hybridized carbons (Fsp3) is 1.00. The standard InChI is InChI=1S/C10H21NO.C3H8/c1-4-10(9(2)3)11-5-7-12-8-6-11;1-3-2/h9-10H,4-8H2,1-3H3;3H2,1-2H3. The van der Waals surface area contributed by atoms with Gasteiger partial charge in [-0.05, 0) is 12.3 Å². The Bertz CT molecular complexity index is 130. The van der Waals surface area contributed by atoms with E-state index in [0.717, 1.165) is 38.3 Å². The zero-order valence-corrected chi connectivity index (χ0v) is 11.3. The van der Waals surface area contributed by atoms with Gasteiger partial charge in [0.1, 0.15) is 0 Å². The van der Waals surface area contributed by atoms with Gasteiger partial charge in [-0.15, -0.1) is 0 Å². The van der Waals surface area contributed by atoms with E-state index in [-0.39, 0.29) is 0 Å². The third-order valence-electron chi connectivity index (χ3n) is 2.70. The smallest absolute Gasteiger partial charge is 0.0594 e. The highest BCUT2D eigenvalue weighted by atomic mass is 16.5. The maximum absolute atomic E-state index is 5.33. The predicted octanol–water partition coefficient (Wildman–Crippen LogP) is 3.17. The van der Waals surface area contributed by atoms with Crippen LogP contribution in [-0.2, 0) is 4.74 Å². The Morgan fingerprint density at radius 3 is 1.87 bits per heavy atom. The molecule has 0 aromatic heterocycles. The lowest BCUT2D eigenvalue weighted by atomic mass is 10.00. The first-order valence-electron chi connectivity index (χ1n) is 6.49. The van der Waals surface area contributed by atoms with Gasteiger partial charge in [0.05, 0.1) is 13.2 Å². The number of morpholine rings is 1. The van der Waals surface area contributed by atoms with Crippen LogP contribution in [0.25, 0.3) is 0 Å². The van der Waals surface area contributed by atoms with E-state index in [0.29, 0.717) is 0 Å². The summed E-state index contributed by atoms with van der Waals surface area (Å²) in [4.78, 5) is 2.56. The molecule has 0 N–H and O–H groups in total. The van der Waals surface area contributed by atoms with Crippen molar-refractivity contribution in [1.82, 2.24) is 4.90 Å². The number of hydrogen-bond donors (Lipinski definition) is 0. The van der Waals surface area contributed by atoms with E-state index in [9.17, 15) is 0 Å². The summed E-state index contributed by atoms with van der Waals surface area (Å²) in [5, 5.41) is 0. The summed E-state index contributed by atoms with van der Waals surface area (Å²) in [6.45, 7) is 15.2. The molecule has 2 heteroatoms. The normalized spacial score (nSPS) is 19.6. The van der Waals surface area contributed by atoms with Crippen molar-refractivity contribution in [3.05, 3.63) is 0 Å². The first-order chi connectivity index (χ1) is 7.17. The van der Waals surface area contributed by atoms with Crippen molar-refractivity contribution in [2.45, 2.75) is 53.5 Å². The molecular formula is C13H29NO. The van der Waals surface area contributed by atoms with Gasteiger partial charge in [0.25, 0.3) is 0 Å². The van der Waals surface area contributed by atoms with Crippen molar-refractivity contribution in [3.8, 4) is 0 Å². The molecule has 1 heterocycles. The Kier molecular flexibility index (Phi) is 9.12. The van der Waals surface area contributed by atoms with Crippen LogP contribution in [0.2, 0.25) is 0 Å². The Balaban J connectivity index is 0.000000583. The largest absolute Gasteiger partial charge is 0.379 e. The maximum Gasteiger partial charge on any atom is 0.0594 e. The lowest BCUT2D eigenvalue weighted by Crippen LogP contribution is -2.45. The van der Waals surface area contributed by atoms with Gasteiger partial charge in [0.15, 0.2) is 0 Å². The SMILES string of the molecule is CCC.CCC(C(C)C)N1CCOCC1. The first-order valence-corrected chi connectivity index (χ1v) is 6.49. The van der Waals surface area contributed by atoms with E-state index >= 15 is 0 Å². The van der Waals surface area contributed by atoms with Gasteiger partial charge in [-0.1, -0.05) is 41.0 Å². The van der Waals surface area contributed by atoms with Crippen molar-refractivity contribution in [2.75, 3.05) is 26.3 Å². The minimum atomic E-state index is 0.758. The molecule has 0 spiro atoms. The lowest BCUT2D eigenvalue weighted by Gasteiger charge is -2.36. The second-order valence-corrected chi connectivity index (χ2v) is 4.58. The average molecular weight is 215 g/mol. The third kappa shape index (κ3) is 6.16. The van der Waals surface area contributed by atoms with Crippen LogP contribution in [0.5, 0.6) is 0 Å². The highest BCUT2D eigenvalue weighted by Crippen LogP contribution is 2.15. The summed E-state index contributed by atoms with van der Waals surface area (Å²) in [6.07, 6.45) is 2.51. The zero-order valence-electron chi connectivity index (χ0n) is 11.3. The van der Waals surface area contributed by atoms with Crippen molar-refractivity contribution in [1.29, 1.82) is 0 Å². The Hall–Kier alpha value is -0.0800. The van der Waals surface area contributed by atoms with Crippen LogP contribution in [0.4, 0.5) is 0 Å². The minimum Gasteiger partial charge on any atom is -0.379 e. The van der Waals surface area contributed by atoms with Crippen LogP contribution in [0.3, 0.4) is 0 Å². The van der Waals surface area contributed by atoms with Crippen molar-refractivity contribution in [3.63, 3.8) is 0 Å². The second kappa shape index (κ2) is 9.17. The van der Waals surface area contributed by atoms with Gasteiger partial charge in [0, 0.05) is 19.1 Å². The second-order valence-electron chi connectivity index (χ2n) is 4.58. The molecular weight excluding hydrogens is 186 g/mol. The monoisotopic (exact) mass is 215 g/mol. The van der Waals surface area contributed by atoms with Gasteiger partial charge in [-0.25, -0.2) is 0 Å². The topological polar surface area (TPSA) is 12.5 Å². The molecule has 2 nitrogen and oxygen atoms in total. The summed E-state index contributed by atoms with van der Waals surface area (Å²) in [6, 6.07) is 0.758. The Labute approximate surface area is 96.0 Å². The zero-order chi connectivity index (χ0) is 11.7. The van der Waals surface area contributed by atoms with E-state index in [4.69, 9.17) is 4.74 Å². The fourth-order valence-electron chi connectivity index (χ4n) is 2.06. The highest BCUT2D eigenvalue weighted by Gasteiger charge is 2.21. The Morgan fingerprint density at radius 1 is 1.07 bits per heavy atom. The Morgan fingerprint density at radius 2 is 1.53 bits per heavy atom. The van der Waals surface area contributed by atoms with E-state index in [1.807, 2.05) is 0 Å². The van der Waals surface area contributed by atoms with Crippen molar-refractivity contribution >= 4 is 0 Å². The van der Waals surface area contributed by atoms with E-state index in [1.165, 1.54) is 12.8 Å². The van der Waals surface area contributed by atoms with Crippen molar-refractivity contribution < 1.29 is 4.74 Å². The molecule has 1 aliphatic rings. The molecule has 0 amide bonds. The minimum absolute atomic E-state index is 0.758. The van der Waals surface area contributed by atoms with Crippen LogP contribution >= 0.6 is 0 Å². The fourth-order valence-corrected chi connectivity index (χ4v) is 2.06. The number of hydrogen-bond acceptors (Lipinski definition) is 2. The van der Waals surface area contributed by atoms with Crippen LogP contribution in [0, 0.1) is 5.92 Å². The molecule has 1 saturated heterocycles. The summed E-state index contributed by atoms with van der Waals surface area (Å²) < 4.78 is 5.33. The number of rotatable bonds is 3. The van der Waals surface area contributed by atoms with Crippen LogP contribution < -0.4 is 0 Å². The molecule has 1 unspecified atom stereocenters. The molecule has 0 aromatic carbocycles. The van der Waals surface area contributed by atoms with E-state index in [1.54, 1.807) is 0 Å². The predicted molar refractivity (Wildman–Crippen MR) is 67.3 cm³/mol. The van der Waals surface area contributed by atoms with Gasteiger partial charge in [0.2, 0.25) is 0 Å². The molecule has 1 fully saturated rings. The number of nitrogens with zero attached hydrogens (tertiary/aromatic N) is 1. The summed E-state index contributed by atoms with van der Waals surface area (Å²) in [5.41, 5.74) is 0. The van der Waals surface area contributed by atoms with Gasteiger partial charge in [-0.3, -0.25) is 4.90 Å². The third-order valence-corrected chi connectivity index (χ3v) is 2.70. The van der Waals surface area contributed by atoms with E-state index < -0.39 is 0 Å². The van der Waals surface area contributed by atoms with Crippen molar-refractivity contribution in [2.24, 2.45) is 5.92 Å². The molecule has 1 aliphatic heterocycles. The van der Waals surface area contributed by atoms with Gasteiger partial charge < -0.3 is 4.74 Å². The summed E-state index contributed by atoms with van der Waals surface area (Å²) >= 11 is 0. The van der Waals surface area contributed by atoms with Gasteiger partial charge >= 0.3 is 0 Å². The molecule has 1 atom stereocenters. The summed E-state index contributed by atoms with van der Waals surface area (Å²) in [5.74, 6) is 0.771. The van der Waals surface area contributed by atoms with E-state index in [2.05, 4.69) is 39.5 Å². The molecule has 92 valence electrons. The molecule has 15 heavy (non-hydrogen) atoms.